The number of nitrogens with one attached hydrogen (secondary N) is 3. The third-order valence-electron chi connectivity index (χ3n) is 4.12. The molecule has 2 aromatic carbocycles. The molecule has 8 nitrogen and oxygen atoms in total. The lowest BCUT2D eigenvalue weighted by molar-refractivity contribution is -0.118. The second kappa shape index (κ2) is 10.4. The summed E-state index contributed by atoms with van der Waals surface area (Å²) in [5, 5.41) is 8.40. The fourth-order valence-electron chi connectivity index (χ4n) is 2.55. The summed E-state index contributed by atoms with van der Waals surface area (Å²) in [6, 6.07) is 10.1. The van der Waals surface area contributed by atoms with E-state index in [9.17, 15) is 9.59 Å². The van der Waals surface area contributed by atoms with E-state index in [2.05, 4.69) is 16.0 Å². The summed E-state index contributed by atoms with van der Waals surface area (Å²) in [4.78, 5) is 24.6. The minimum Gasteiger partial charge on any atom is -0.496 e. The summed E-state index contributed by atoms with van der Waals surface area (Å²) in [7, 11) is 4.43. The van der Waals surface area contributed by atoms with Gasteiger partial charge in [-0.25, -0.2) is 0 Å². The van der Waals surface area contributed by atoms with E-state index in [1.807, 2.05) is 0 Å². The molecule has 0 aromatic heterocycles. The van der Waals surface area contributed by atoms with Crippen molar-refractivity contribution in [1.82, 2.24) is 5.32 Å². The summed E-state index contributed by atoms with van der Waals surface area (Å²) in [6.45, 7) is 3.60. The number of thiocarbonyl (C=S) groups is 1. The predicted octanol–water partition coefficient (Wildman–Crippen LogP) is 3.43. The Morgan fingerprint density at radius 3 is 2.03 bits per heavy atom. The van der Waals surface area contributed by atoms with E-state index < -0.39 is 5.91 Å². The molecule has 0 bridgehead atoms. The van der Waals surface area contributed by atoms with Gasteiger partial charge in [-0.1, -0.05) is 19.9 Å². The van der Waals surface area contributed by atoms with Crippen LogP contribution < -0.4 is 30.2 Å². The predicted molar refractivity (Wildman–Crippen MR) is 120 cm³/mol. The van der Waals surface area contributed by atoms with Gasteiger partial charge >= 0.3 is 0 Å². The molecule has 0 saturated heterocycles. The van der Waals surface area contributed by atoms with Crippen molar-refractivity contribution in [2.75, 3.05) is 32.0 Å². The van der Waals surface area contributed by atoms with Crippen LogP contribution in [0.5, 0.6) is 17.2 Å². The molecular weight excluding hydrogens is 406 g/mol. The zero-order valence-electron chi connectivity index (χ0n) is 17.5. The number of methoxy groups -OCH3 is 3. The number of amides is 2. The van der Waals surface area contributed by atoms with E-state index in [0.29, 0.717) is 28.6 Å². The van der Waals surface area contributed by atoms with E-state index in [1.54, 1.807) is 50.2 Å². The van der Waals surface area contributed by atoms with Crippen molar-refractivity contribution in [3.63, 3.8) is 0 Å². The zero-order chi connectivity index (χ0) is 22.3. The van der Waals surface area contributed by atoms with Crippen LogP contribution in [0.3, 0.4) is 0 Å². The van der Waals surface area contributed by atoms with Crippen LogP contribution >= 0.6 is 12.2 Å². The lowest BCUT2D eigenvalue weighted by Crippen LogP contribution is -2.34. The Hall–Kier alpha value is -3.33. The smallest absolute Gasteiger partial charge is 0.264 e. The largest absolute Gasteiger partial charge is 0.496 e. The molecule has 0 saturated carbocycles. The van der Waals surface area contributed by atoms with Gasteiger partial charge in [-0.05, 0) is 36.5 Å². The van der Waals surface area contributed by atoms with Crippen LogP contribution in [0, 0.1) is 5.92 Å². The molecule has 0 unspecified atom stereocenters. The average molecular weight is 432 g/mol. The minimum atomic E-state index is -0.477. The first-order valence-corrected chi connectivity index (χ1v) is 9.53. The monoisotopic (exact) mass is 431 g/mol. The van der Waals surface area contributed by atoms with Gasteiger partial charge in [0.15, 0.2) is 5.11 Å². The Kier molecular flexibility index (Phi) is 7.99. The van der Waals surface area contributed by atoms with Crippen LogP contribution in [-0.4, -0.2) is 38.3 Å². The highest BCUT2D eigenvalue weighted by atomic mass is 32.1. The molecule has 3 N–H and O–H groups in total. The first kappa shape index (κ1) is 23.0. The van der Waals surface area contributed by atoms with Gasteiger partial charge < -0.3 is 24.8 Å². The molecule has 0 aliphatic carbocycles. The molecule has 2 aromatic rings. The number of ether oxygens (including phenoxy) is 3. The molecule has 0 radical (unpaired) electrons. The highest BCUT2D eigenvalue weighted by Crippen LogP contribution is 2.29. The quantitative estimate of drug-likeness (QED) is 0.578. The van der Waals surface area contributed by atoms with Crippen molar-refractivity contribution in [1.29, 1.82) is 0 Å². The minimum absolute atomic E-state index is 0.0778. The van der Waals surface area contributed by atoms with Gasteiger partial charge in [0, 0.05) is 17.7 Å². The fourth-order valence-corrected chi connectivity index (χ4v) is 2.76. The van der Waals surface area contributed by atoms with Gasteiger partial charge in [-0.2, -0.15) is 0 Å². The lowest BCUT2D eigenvalue weighted by atomic mass is 10.1. The number of hydrogen-bond donors (Lipinski definition) is 3. The number of carbonyl (C=O) groups excluding carboxylic acids is 2. The van der Waals surface area contributed by atoms with Gasteiger partial charge in [-0.3, -0.25) is 14.9 Å². The van der Waals surface area contributed by atoms with Gasteiger partial charge in [0.2, 0.25) is 5.91 Å². The van der Waals surface area contributed by atoms with Gasteiger partial charge in [0.05, 0.1) is 27.0 Å². The molecule has 0 aliphatic heterocycles. The molecule has 2 rings (SSSR count). The zero-order valence-corrected chi connectivity index (χ0v) is 18.3. The van der Waals surface area contributed by atoms with Crippen molar-refractivity contribution >= 4 is 40.5 Å². The number of carbonyl (C=O) groups is 2. The van der Waals surface area contributed by atoms with E-state index in [1.165, 1.54) is 21.3 Å². The Morgan fingerprint density at radius 1 is 0.900 bits per heavy atom. The van der Waals surface area contributed by atoms with Crippen molar-refractivity contribution in [2.24, 2.45) is 5.92 Å². The van der Waals surface area contributed by atoms with Gasteiger partial charge in [-0.15, -0.1) is 0 Å². The second-order valence-electron chi connectivity index (χ2n) is 6.50. The van der Waals surface area contributed by atoms with Crippen molar-refractivity contribution in [3.8, 4) is 17.2 Å². The molecule has 0 spiro atoms. The van der Waals surface area contributed by atoms with Crippen LogP contribution in [0.4, 0.5) is 11.4 Å². The SMILES string of the molecule is COc1cc(NC(=S)NC(=O)c2c(OC)cccc2OC)ccc1NC(=O)C(C)C. The highest BCUT2D eigenvalue weighted by molar-refractivity contribution is 7.80. The fraction of sp³-hybridized carbons (Fsp3) is 0.286. The van der Waals surface area contributed by atoms with E-state index in [-0.39, 0.29) is 22.5 Å². The van der Waals surface area contributed by atoms with Gasteiger partial charge in [0.25, 0.3) is 5.91 Å². The normalized spacial score (nSPS) is 10.2. The molecule has 0 aliphatic rings. The first-order valence-electron chi connectivity index (χ1n) is 9.12. The third kappa shape index (κ3) is 5.60. The number of anilines is 2. The van der Waals surface area contributed by atoms with Crippen LogP contribution in [0.25, 0.3) is 0 Å². The highest BCUT2D eigenvalue weighted by Gasteiger charge is 2.19. The second-order valence-corrected chi connectivity index (χ2v) is 6.91. The Morgan fingerprint density at radius 2 is 1.50 bits per heavy atom. The molecule has 0 atom stereocenters. The molecule has 160 valence electrons. The molecule has 30 heavy (non-hydrogen) atoms. The van der Waals surface area contributed by atoms with E-state index in [0.717, 1.165) is 0 Å². The van der Waals surface area contributed by atoms with E-state index >= 15 is 0 Å². The lowest BCUT2D eigenvalue weighted by Gasteiger charge is -2.16. The number of rotatable bonds is 7. The Labute approximate surface area is 180 Å². The first-order chi connectivity index (χ1) is 14.3. The summed E-state index contributed by atoms with van der Waals surface area (Å²) in [5.74, 6) is 0.414. The molecule has 0 fully saturated rings. The summed E-state index contributed by atoms with van der Waals surface area (Å²) in [5.41, 5.74) is 1.35. The maximum absolute atomic E-state index is 12.7. The van der Waals surface area contributed by atoms with Crippen molar-refractivity contribution < 1.29 is 23.8 Å². The summed E-state index contributed by atoms with van der Waals surface area (Å²) >= 11 is 5.25. The van der Waals surface area contributed by atoms with Crippen LogP contribution in [0.1, 0.15) is 24.2 Å². The van der Waals surface area contributed by atoms with Crippen LogP contribution in [0.2, 0.25) is 0 Å². The van der Waals surface area contributed by atoms with Crippen molar-refractivity contribution in [2.45, 2.75) is 13.8 Å². The molecule has 2 amide bonds. The summed E-state index contributed by atoms with van der Waals surface area (Å²) in [6.07, 6.45) is 0. The maximum atomic E-state index is 12.7. The third-order valence-corrected chi connectivity index (χ3v) is 4.33. The molecular formula is C21H25N3O5S. The molecule has 9 heteroatoms. The Balaban J connectivity index is 2.13. The molecule has 0 heterocycles. The maximum Gasteiger partial charge on any atom is 0.264 e. The average Bonchev–Trinajstić information content (AvgIpc) is 2.73. The van der Waals surface area contributed by atoms with Crippen LogP contribution in [-0.2, 0) is 4.79 Å². The topological polar surface area (TPSA) is 97.9 Å². The number of benzene rings is 2. The van der Waals surface area contributed by atoms with E-state index in [4.69, 9.17) is 26.4 Å². The standard InChI is InChI=1S/C21H25N3O5S/c1-12(2)19(25)23-14-10-9-13(11-17(14)29-5)22-21(30)24-20(26)18-15(27-3)7-6-8-16(18)28-4/h6-12H,1-5H3,(H,23,25)(H2,22,24,26,30). The summed E-state index contributed by atoms with van der Waals surface area (Å²) < 4.78 is 15.8. The van der Waals surface area contributed by atoms with Crippen LogP contribution in [0.15, 0.2) is 36.4 Å². The van der Waals surface area contributed by atoms with Crippen molar-refractivity contribution in [3.05, 3.63) is 42.0 Å². The number of hydrogen-bond acceptors (Lipinski definition) is 6. The van der Waals surface area contributed by atoms with Gasteiger partial charge in [0.1, 0.15) is 22.8 Å². The Bertz CT molecular complexity index is 924.